The molecule has 4 aliphatic rings. The number of hydrogen-bond acceptors (Lipinski definition) is 3. The Morgan fingerprint density at radius 2 is 2.00 bits per heavy atom. The van der Waals surface area contributed by atoms with Gasteiger partial charge in [-0.05, 0) is 61.2 Å². The van der Waals surface area contributed by atoms with Crippen LogP contribution in [0.25, 0.3) is 0 Å². The Kier molecular flexibility index (Phi) is 5.04. The molecule has 1 N–H and O–H groups in total. The number of carbonyl (C=O) groups is 2. The van der Waals surface area contributed by atoms with Gasteiger partial charge in [0.2, 0.25) is 0 Å². The van der Waals surface area contributed by atoms with Crippen molar-refractivity contribution in [2.24, 2.45) is 51.8 Å². The zero-order valence-corrected chi connectivity index (χ0v) is 18.7. The molecule has 0 spiro atoms. The SMILES string of the molecule is CC(C)CCOC[C@]12CC3C(C)CCC3[C@@]3(C=O)CC1C=C(C(C)C)C23C(=O)O. The second kappa shape index (κ2) is 6.93. The molecule has 3 fully saturated rings. The molecule has 3 saturated carbocycles. The molecule has 5 unspecified atom stereocenters. The summed E-state index contributed by atoms with van der Waals surface area (Å²) in [6.45, 7) is 12.0. The van der Waals surface area contributed by atoms with Gasteiger partial charge in [0.25, 0.3) is 0 Å². The van der Waals surface area contributed by atoms with E-state index in [1.54, 1.807) is 0 Å². The minimum atomic E-state index is -1.09. The smallest absolute Gasteiger partial charge is 0.315 e. The molecule has 0 aromatic rings. The minimum absolute atomic E-state index is 0.126. The van der Waals surface area contributed by atoms with Gasteiger partial charge in [0.15, 0.2) is 0 Å². The van der Waals surface area contributed by atoms with Crippen LogP contribution in [0.15, 0.2) is 11.6 Å². The minimum Gasteiger partial charge on any atom is -0.481 e. The van der Waals surface area contributed by atoms with Crippen molar-refractivity contribution < 1.29 is 19.4 Å². The molecular formula is C25H38O4. The number of ether oxygens (including phenoxy) is 1. The third-order valence-electron chi connectivity index (χ3n) is 9.32. The molecule has 7 atom stereocenters. The molecule has 0 amide bonds. The average molecular weight is 403 g/mol. The highest BCUT2D eigenvalue weighted by molar-refractivity contribution is 5.90. The quantitative estimate of drug-likeness (QED) is 0.353. The second-order valence-corrected chi connectivity index (χ2v) is 11.2. The van der Waals surface area contributed by atoms with Crippen LogP contribution in [0.2, 0.25) is 0 Å². The largest absolute Gasteiger partial charge is 0.481 e. The molecule has 162 valence electrons. The Labute approximate surface area is 175 Å². The predicted molar refractivity (Wildman–Crippen MR) is 112 cm³/mol. The van der Waals surface area contributed by atoms with E-state index < -0.39 is 22.2 Å². The molecule has 0 aliphatic heterocycles. The summed E-state index contributed by atoms with van der Waals surface area (Å²) in [7, 11) is 0. The molecule has 0 heterocycles. The number of hydrogen-bond donors (Lipinski definition) is 1. The monoisotopic (exact) mass is 402 g/mol. The van der Waals surface area contributed by atoms with E-state index in [1.165, 1.54) is 0 Å². The lowest BCUT2D eigenvalue weighted by Gasteiger charge is -2.58. The third kappa shape index (κ3) is 2.41. The molecule has 0 saturated heterocycles. The number of carbonyl (C=O) groups excluding carboxylic acids is 1. The van der Waals surface area contributed by atoms with Gasteiger partial charge in [-0.3, -0.25) is 4.79 Å². The highest BCUT2D eigenvalue weighted by Crippen LogP contribution is 2.82. The van der Waals surface area contributed by atoms with Crippen molar-refractivity contribution in [2.45, 2.75) is 66.7 Å². The summed E-state index contributed by atoms with van der Waals surface area (Å²) in [6.07, 6.45) is 8.00. The Bertz CT molecular complexity index is 724. The fraction of sp³-hybridized carbons (Fsp3) is 0.840. The van der Waals surface area contributed by atoms with Crippen LogP contribution in [0, 0.1) is 51.8 Å². The molecule has 4 rings (SSSR count). The van der Waals surface area contributed by atoms with E-state index in [4.69, 9.17) is 4.74 Å². The Morgan fingerprint density at radius 1 is 1.28 bits per heavy atom. The second-order valence-electron chi connectivity index (χ2n) is 11.2. The summed E-state index contributed by atoms with van der Waals surface area (Å²) in [4.78, 5) is 26.1. The number of allylic oxidation sites excluding steroid dienone is 1. The first-order chi connectivity index (χ1) is 13.7. The van der Waals surface area contributed by atoms with Crippen LogP contribution in [0.1, 0.15) is 66.7 Å². The van der Waals surface area contributed by atoms with Crippen LogP contribution >= 0.6 is 0 Å². The Morgan fingerprint density at radius 3 is 2.59 bits per heavy atom. The fourth-order valence-electron chi connectivity index (χ4n) is 8.21. The third-order valence-corrected chi connectivity index (χ3v) is 9.32. The molecule has 4 nitrogen and oxygen atoms in total. The van der Waals surface area contributed by atoms with Crippen LogP contribution in [0.5, 0.6) is 0 Å². The van der Waals surface area contributed by atoms with Crippen molar-refractivity contribution in [1.29, 1.82) is 0 Å². The zero-order chi connectivity index (χ0) is 21.2. The highest BCUT2D eigenvalue weighted by atomic mass is 16.5. The molecule has 29 heavy (non-hydrogen) atoms. The maximum atomic E-state index is 13.2. The van der Waals surface area contributed by atoms with Gasteiger partial charge in [-0.25, -0.2) is 0 Å². The van der Waals surface area contributed by atoms with Gasteiger partial charge in [0, 0.05) is 12.0 Å². The van der Waals surface area contributed by atoms with Gasteiger partial charge >= 0.3 is 5.97 Å². The van der Waals surface area contributed by atoms with Gasteiger partial charge in [-0.1, -0.05) is 52.7 Å². The zero-order valence-electron chi connectivity index (χ0n) is 18.7. The summed E-state index contributed by atoms with van der Waals surface area (Å²) < 4.78 is 6.25. The van der Waals surface area contributed by atoms with Crippen LogP contribution in [-0.4, -0.2) is 30.6 Å². The molecule has 0 aromatic heterocycles. The normalized spacial score (nSPS) is 45.0. The number of carboxylic acid groups (broad SMARTS) is 1. The van der Waals surface area contributed by atoms with E-state index in [0.29, 0.717) is 37.4 Å². The van der Waals surface area contributed by atoms with Gasteiger partial charge < -0.3 is 14.6 Å². The van der Waals surface area contributed by atoms with Crippen LogP contribution in [0.3, 0.4) is 0 Å². The lowest BCUT2D eigenvalue weighted by Crippen LogP contribution is -2.63. The molecule has 0 aromatic carbocycles. The summed E-state index contributed by atoms with van der Waals surface area (Å²) in [6, 6.07) is 0. The van der Waals surface area contributed by atoms with Gasteiger partial charge in [-0.2, -0.15) is 0 Å². The number of aliphatic carboxylic acids is 1. The maximum absolute atomic E-state index is 13.2. The van der Waals surface area contributed by atoms with Crippen molar-refractivity contribution in [2.75, 3.05) is 13.2 Å². The lowest BCUT2D eigenvalue weighted by atomic mass is 9.43. The standard InChI is InChI=1S/C25H38O4/c1-15(2)8-9-29-14-24-12-19-17(5)6-7-20(19)23(13-26)11-18(24)10-21(16(3)4)25(23,24)22(27)28/h10,13,15-20H,6-9,11-12,14H2,1-5H3,(H,27,28)/t17?,18?,19?,20?,23-,24+,25?/m0/s1. The van der Waals surface area contributed by atoms with E-state index >= 15 is 0 Å². The van der Waals surface area contributed by atoms with Crippen LogP contribution < -0.4 is 0 Å². The van der Waals surface area contributed by atoms with Gasteiger partial charge in [0.05, 0.1) is 12.0 Å². The number of carboxylic acids is 1. The molecule has 4 aliphatic carbocycles. The summed E-state index contributed by atoms with van der Waals surface area (Å²) in [5.74, 6) is 1.23. The molecule has 0 radical (unpaired) electrons. The van der Waals surface area contributed by atoms with E-state index in [2.05, 4.69) is 40.7 Å². The summed E-state index contributed by atoms with van der Waals surface area (Å²) in [5, 5.41) is 10.9. The first-order valence-corrected chi connectivity index (χ1v) is 11.7. The van der Waals surface area contributed by atoms with Crippen molar-refractivity contribution in [3.05, 3.63) is 11.6 Å². The molecular weight excluding hydrogens is 364 g/mol. The van der Waals surface area contributed by atoms with E-state index in [9.17, 15) is 14.7 Å². The van der Waals surface area contributed by atoms with Gasteiger partial charge in [0.1, 0.15) is 11.7 Å². The first-order valence-electron chi connectivity index (χ1n) is 11.7. The number of aldehydes is 1. The maximum Gasteiger partial charge on any atom is 0.315 e. The Hall–Kier alpha value is -1.16. The van der Waals surface area contributed by atoms with Crippen molar-refractivity contribution in [1.82, 2.24) is 0 Å². The first kappa shape index (κ1) is 21.1. The van der Waals surface area contributed by atoms with Crippen LogP contribution in [-0.2, 0) is 14.3 Å². The fourth-order valence-corrected chi connectivity index (χ4v) is 8.21. The van der Waals surface area contributed by atoms with E-state index in [0.717, 1.165) is 37.5 Å². The number of fused-ring (bicyclic) bond motifs is 2. The van der Waals surface area contributed by atoms with Crippen LogP contribution in [0.4, 0.5) is 0 Å². The molecule has 4 heteroatoms. The summed E-state index contributed by atoms with van der Waals surface area (Å²) in [5.41, 5.74) is -1.34. The van der Waals surface area contributed by atoms with E-state index in [-0.39, 0.29) is 17.8 Å². The topological polar surface area (TPSA) is 63.6 Å². The number of rotatable bonds is 8. The highest BCUT2D eigenvalue weighted by Gasteiger charge is 2.84. The van der Waals surface area contributed by atoms with Crippen molar-refractivity contribution in [3.8, 4) is 0 Å². The lowest BCUT2D eigenvalue weighted by molar-refractivity contribution is -0.186. The average Bonchev–Trinajstić information content (AvgIpc) is 3.22. The predicted octanol–water partition coefficient (Wildman–Crippen LogP) is 4.97. The van der Waals surface area contributed by atoms with E-state index in [1.807, 2.05) is 0 Å². The molecule has 4 bridgehead atoms. The van der Waals surface area contributed by atoms with Gasteiger partial charge in [-0.15, -0.1) is 0 Å². The summed E-state index contributed by atoms with van der Waals surface area (Å²) >= 11 is 0. The Balaban J connectivity index is 1.84. The van der Waals surface area contributed by atoms with Crippen molar-refractivity contribution >= 4 is 12.3 Å². The van der Waals surface area contributed by atoms with Crippen molar-refractivity contribution in [3.63, 3.8) is 0 Å².